The van der Waals surface area contributed by atoms with Gasteiger partial charge in [0.25, 0.3) is 0 Å². The number of rotatable bonds is 2. The molecule has 0 N–H and O–H groups in total. The van der Waals surface area contributed by atoms with E-state index < -0.39 is 0 Å². The lowest BCUT2D eigenvalue weighted by Crippen LogP contribution is -2.30. The molecule has 0 bridgehead atoms. The van der Waals surface area contributed by atoms with E-state index in [0.29, 0.717) is 0 Å². The third-order valence-corrected chi connectivity index (χ3v) is 3.61. The average molecular weight is 289 g/mol. The summed E-state index contributed by atoms with van der Waals surface area (Å²) in [4.78, 5) is 6.74. The molecule has 1 aliphatic rings. The Kier molecular flexibility index (Phi) is 3.90. The Labute approximate surface area is 124 Å². The van der Waals surface area contributed by atoms with Crippen LogP contribution in [0.2, 0.25) is 5.02 Å². The Morgan fingerprint density at radius 2 is 2.25 bits per heavy atom. The second-order valence-electron chi connectivity index (χ2n) is 5.17. The van der Waals surface area contributed by atoms with Crippen LogP contribution in [0.25, 0.3) is 0 Å². The first kappa shape index (κ1) is 13.4. The molecule has 1 aromatic heterocycles. The molecule has 1 unspecified atom stereocenters. The molecule has 3 nitrogen and oxygen atoms in total. The molecule has 4 heteroatoms. The molecule has 0 aliphatic carbocycles. The number of ether oxygens (including phenoxy) is 1. The monoisotopic (exact) mass is 288 g/mol. The Morgan fingerprint density at radius 3 is 3.05 bits per heavy atom. The zero-order chi connectivity index (χ0) is 13.9. The van der Waals surface area contributed by atoms with Crippen molar-refractivity contribution in [1.29, 1.82) is 0 Å². The molecule has 1 aromatic carbocycles. The average Bonchev–Trinajstić information content (AvgIpc) is 2.57. The third kappa shape index (κ3) is 3.11. The van der Waals surface area contributed by atoms with Crippen LogP contribution in [-0.2, 0) is 13.1 Å². The second kappa shape index (κ2) is 5.81. The lowest BCUT2D eigenvalue weighted by molar-refractivity contribution is 0.155. The maximum atomic E-state index is 6.09. The summed E-state index contributed by atoms with van der Waals surface area (Å²) < 4.78 is 5.96. The van der Waals surface area contributed by atoms with E-state index in [-0.39, 0.29) is 6.10 Å². The van der Waals surface area contributed by atoms with Crippen LogP contribution >= 0.6 is 11.6 Å². The fourth-order valence-corrected chi connectivity index (χ4v) is 2.75. The quantitative estimate of drug-likeness (QED) is 0.845. The molecule has 0 saturated carbocycles. The number of nitrogens with zero attached hydrogens (tertiary/aromatic N) is 2. The van der Waals surface area contributed by atoms with Gasteiger partial charge in [0.05, 0.1) is 5.69 Å². The zero-order valence-electron chi connectivity index (χ0n) is 11.4. The molecule has 1 aliphatic heterocycles. The summed E-state index contributed by atoms with van der Waals surface area (Å²) >= 11 is 6.09. The van der Waals surface area contributed by atoms with Gasteiger partial charge in [0.1, 0.15) is 11.9 Å². The molecule has 0 amide bonds. The molecular weight excluding hydrogens is 272 g/mol. The van der Waals surface area contributed by atoms with E-state index in [1.807, 2.05) is 36.5 Å². The fourth-order valence-electron chi connectivity index (χ4n) is 2.55. The van der Waals surface area contributed by atoms with Gasteiger partial charge in [0, 0.05) is 36.4 Å². The van der Waals surface area contributed by atoms with Crippen LogP contribution in [0.1, 0.15) is 18.2 Å². The van der Waals surface area contributed by atoms with Crippen molar-refractivity contribution in [1.82, 2.24) is 9.88 Å². The van der Waals surface area contributed by atoms with Gasteiger partial charge in [0.15, 0.2) is 0 Å². The number of fused-ring (bicyclic) bond motifs is 1. The minimum atomic E-state index is 0.154. The number of pyridine rings is 1. The van der Waals surface area contributed by atoms with Crippen molar-refractivity contribution >= 4 is 11.6 Å². The van der Waals surface area contributed by atoms with Crippen LogP contribution in [0.4, 0.5) is 0 Å². The first-order valence-corrected chi connectivity index (χ1v) is 7.16. The smallest absolute Gasteiger partial charge is 0.124 e. The van der Waals surface area contributed by atoms with E-state index >= 15 is 0 Å². The van der Waals surface area contributed by atoms with Gasteiger partial charge in [-0.3, -0.25) is 9.88 Å². The molecular formula is C16H17ClN2O. The summed E-state index contributed by atoms with van der Waals surface area (Å²) in [6.07, 6.45) is 1.99. The van der Waals surface area contributed by atoms with Crippen LogP contribution in [0.5, 0.6) is 5.75 Å². The van der Waals surface area contributed by atoms with Gasteiger partial charge in [0.2, 0.25) is 0 Å². The summed E-state index contributed by atoms with van der Waals surface area (Å²) in [6.45, 7) is 4.62. The number of benzene rings is 1. The van der Waals surface area contributed by atoms with E-state index in [1.54, 1.807) is 0 Å². The van der Waals surface area contributed by atoms with E-state index in [9.17, 15) is 0 Å². The number of aromatic nitrogens is 1. The highest BCUT2D eigenvalue weighted by Crippen LogP contribution is 2.28. The summed E-state index contributed by atoms with van der Waals surface area (Å²) in [5, 5.41) is 0.750. The lowest BCUT2D eigenvalue weighted by Gasteiger charge is -2.21. The molecule has 3 rings (SSSR count). The third-order valence-electron chi connectivity index (χ3n) is 3.37. The molecule has 0 spiro atoms. The highest BCUT2D eigenvalue weighted by atomic mass is 35.5. The largest absolute Gasteiger partial charge is 0.489 e. The van der Waals surface area contributed by atoms with Crippen molar-refractivity contribution in [2.24, 2.45) is 0 Å². The van der Waals surface area contributed by atoms with Gasteiger partial charge in [-0.2, -0.15) is 0 Å². The SMILES string of the molecule is CC1CN(Cc2ccccn2)Cc2cc(Cl)ccc2O1. The van der Waals surface area contributed by atoms with Gasteiger partial charge in [-0.25, -0.2) is 0 Å². The molecule has 104 valence electrons. The van der Waals surface area contributed by atoms with Crippen LogP contribution in [0, 0.1) is 0 Å². The van der Waals surface area contributed by atoms with Gasteiger partial charge in [-0.1, -0.05) is 17.7 Å². The molecule has 0 saturated heterocycles. The van der Waals surface area contributed by atoms with Crippen molar-refractivity contribution in [3.63, 3.8) is 0 Å². The molecule has 2 heterocycles. The normalized spacial score (nSPS) is 19.0. The summed E-state index contributed by atoms with van der Waals surface area (Å²) in [6, 6.07) is 11.8. The highest BCUT2D eigenvalue weighted by Gasteiger charge is 2.20. The van der Waals surface area contributed by atoms with Crippen molar-refractivity contribution < 1.29 is 4.74 Å². The maximum Gasteiger partial charge on any atom is 0.124 e. The van der Waals surface area contributed by atoms with Gasteiger partial charge in [-0.15, -0.1) is 0 Å². The van der Waals surface area contributed by atoms with E-state index in [2.05, 4.69) is 22.9 Å². The molecule has 2 aromatic rings. The van der Waals surface area contributed by atoms with Crippen molar-refractivity contribution in [3.05, 3.63) is 58.9 Å². The number of halogens is 1. The highest BCUT2D eigenvalue weighted by molar-refractivity contribution is 6.30. The molecule has 0 radical (unpaired) electrons. The van der Waals surface area contributed by atoms with Gasteiger partial charge in [-0.05, 0) is 37.3 Å². The van der Waals surface area contributed by atoms with Crippen molar-refractivity contribution in [2.75, 3.05) is 6.54 Å². The first-order valence-electron chi connectivity index (χ1n) is 6.78. The first-order chi connectivity index (χ1) is 9.70. The summed E-state index contributed by atoms with van der Waals surface area (Å²) in [7, 11) is 0. The number of hydrogen-bond acceptors (Lipinski definition) is 3. The van der Waals surface area contributed by atoms with E-state index in [1.165, 1.54) is 0 Å². The molecule has 0 fully saturated rings. The Balaban J connectivity index is 1.83. The number of hydrogen-bond donors (Lipinski definition) is 0. The lowest BCUT2D eigenvalue weighted by atomic mass is 10.2. The van der Waals surface area contributed by atoms with Gasteiger partial charge >= 0.3 is 0 Å². The molecule has 1 atom stereocenters. The second-order valence-corrected chi connectivity index (χ2v) is 5.61. The van der Waals surface area contributed by atoms with E-state index in [0.717, 1.165) is 41.7 Å². The predicted octanol–water partition coefficient (Wildman–Crippen LogP) is 3.52. The topological polar surface area (TPSA) is 25.4 Å². The fraction of sp³-hybridized carbons (Fsp3) is 0.312. The predicted molar refractivity (Wildman–Crippen MR) is 79.9 cm³/mol. The van der Waals surface area contributed by atoms with Crippen molar-refractivity contribution in [3.8, 4) is 5.75 Å². The standard InChI is InChI=1S/C16H17ClN2O/c1-12-9-19(11-15-4-2-3-7-18-15)10-13-8-14(17)5-6-16(13)20-12/h2-8,12H,9-11H2,1H3. The minimum Gasteiger partial charge on any atom is -0.489 e. The summed E-state index contributed by atoms with van der Waals surface area (Å²) in [5.41, 5.74) is 2.21. The van der Waals surface area contributed by atoms with E-state index in [4.69, 9.17) is 16.3 Å². The Morgan fingerprint density at radius 1 is 1.35 bits per heavy atom. The summed E-state index contributed by atoms with van der Waals surface area (Å²) in [5.74, 6) is 0.936. The Hall–Kier alpha value is -1.58. The van der Waals surface area contributed by atoms with Crippen LogP contribution < -0.4 is 4.74 Å². The minimum absolute atomic E-state index is 0.154. The van der Waals surface area contributed by atoms with Gasteiger partial charge < -0.3 is 4.74 Å². The maximum absolute atomic E-state index is 6.09. The van der Waals surface area contributed by atoms with Crippen LogP contribution in [0.15, 0.2) is 42.6 Å². The zero-order valence-corrected chi connectivity index (χ0v) is 12.2. The Bertz CT molecular complexity index is 588. The van der Waals surface area contributed by atoms with Crippen LogP contribution in [-0.4, -0.2) is 22.5 Å². The van der Waals surface area contributed by atoms with Crippen LogP contribution in [0.3, 0.4) is 0 Å². The molecule has 20 heavy (non-hydrogen) atoms. The van der Waals surface area contributed by atoms with Crippen molar-refractivity contribution in [2.45, 2.75) is 26.1 Å².